The molecule has 0 spiro atoms. The van der Waals surface area contributed by atoms with Crippen molar-refractivity contribution >= 4 is 11.8 Å². The lowest BCUT2D eigenvalue weighted by atomic mass is 9.99. The van der Waals surface area contributed by atoms with Gasteiger partial charge in [-0.3, -0.25) is 9.59 Å². The highest BCUT2D eigenvalue weighted by molar-refractivity contribution is 5.79. The van der Waals surface area contributed by atoms with Crippen molar-refractivity contribution in [3.8, 4) is 0 Å². The van der Waals surface area contributed by atoms with Gasteiger partial charge in [0.25, 0.3) is 0 Å². The molecule has 1 aliphatic rings. The predicted molar refractivity (Wildman–Crippen MR) is 103 cm³/mol. The summed E-state index contributed by atoms with van der Waals surface area (Å²) in [6.45, 7) is 1.61. The summed E-state index contributed by atoms with van der Waals surface area (Å²) < 4.78 is 38.2. The number of hydrogen-bond donors (Lipinski definition) is 1. The maximum atomic E-state index is 12.7. The topological polar surface area (TPSA) is 49.4 Å². The van der Waals surface area contributed by atoms with Crippen LogP contribution in [0.25, 0.3) is 0 Å². The molecule has 2 aromatic rings. The summed E-state index contributed by atoms with van der Waals surface area (Å²) in [5, 5.41) is 2.67. The van der Waals surface area contributed by atoms with E-state index in [9.17, 15) is 22.8 Å². The Morgan fingerprint density at radius 2 is 1.79 bits per heavy atom. The maximum Gasteiger partial charge on any atom is 0.416 e. The normalized spacial score (nSPS) is 13.7. The standard InChI is InChI=1S/C22H23F3N2O2/c23-22(24,25)19-8-3-5-16(13-19)14-20(28)26-11-4-9-21(29)27-12-10-17-6-1-2-7-18(17)15-27/h1-3,5-8,13H,4,9-12,14-15H2,(H,26,28). The van der Waals surface area contributed by atoms with Gasteiger partial charge in [-0.05, 0) is 35.6 Å². The zero-order chi connectivity index (χ0) is 20.9. The van der Waals surface area contributed by atoms with E-state index in [0.29, 0.717) is 38.0 Å². The molecule has 0 unspecified atom stereocenters. The number of fused-ring (bicyclic) bond motifs is 1. The number of nitrogens with one attached hydrogen (secondary N) is 1. The summed E-state index contributed by atoms with van der Waals surface area (Å²) in [6.07, 6.45) is -2.89. The van der Waals surface area contributed by atoms with Crippen LogP contribution in [0.3, 0.4) is 0 Å². The molecule has 3 rings (SSSR count). The molecule has 2 amide bonds. The molecule has 1 N–H and O–H groups in total. The third-order valence-electron chi connectivity index (χ3n) is 4.99. The highest BCUT2D eigenvalue weighted by Gasteiger charge is 2.30. The summed E-state index contributed by atoms with van der Waals surface area (Å²) in [7, 11) is 0. The number of hydrogen-bond acceptors (Lipinski definition) is 2. The van der Waals surface area contributed by atoms with Gasteiger partial charge in [-0.1, -0.05) is 42.5 Å². The average Bonchev–Trinajstić information content (AvgIpc) is 2.70. The Balaban J connectivity index is 1.39. The molecule has 1 aliphatic heterocycles. The lowest BCUT2D eigenvalue weighted by molar-refractivity contribution is -0.137. The summed E-state index contributed by atoms with van der Waals surface area (Å²) in [4.78, 5) is 26.2. The minimum Gasteiger partial charge on any atom is -0.356 e. The minimum absolute atomic E-state index is 0.0478. The number of benzene rings is 2. The Bertz CT molecular complexity index is 880. The van der Waals surface area contributed by atoms with E-state index in [1.54, 1.807) is 0 Å². The molecule has 154 valence electrons. The number of rotatable bonds is 6. The summed E-state index contributed by atoms with van der Waals surface area (Å²) in [5.74, 6) is -0.310. The van der Waals surface area contributed by atoms with Crippen molar-refractivity contribution < 1.29 is 22.8 Å². The van der Waals surface area contributed by atoms with E-state index < -0.39 is 11.7 Å². The Morgan fingerprint density at radius 3 is 2.55 bits per heavy atom. The molecule has 2 aromatic carbocycles. The first-order chi connectivity index (χ1) is 13.8. The molecule has 0 bridgehead atoms. The quantitative estimate of drug-likeness (QED) is 0.746. The third-order valence-corrected chi connectivity index (χ3v) is 4.99. The van der Waals surface area contributed by atoms with Gasteiger partial charge in [0.1, 0.15) is 0 Å². The van der Waals surface area contributed by atoms with E-state index in [1.165, 1.54) is 23.3 Å². The van der Waals surface area contributed by atoms with E-state index in [-0.39, 0.29) is 18.2 Å². The van der Waals surface area contributed by atoms with Crippen LogP contribution in [0.2, 0.25) is 0 Å². The molecule has 29 heavy (non-hydrogen) atoms. The second-order valence-corrected chi connectivity index (χ2v) is 7.16. The molecule has 0 radical (unpaired) electrons. The largest absolute Gasteiger partial charge is 0.416 e. The van der Waals surface area contributed by atoms with Crippen LogP contribution in [0.15, 0.2) is 48.5 Å². The number of alkyl halides is 3. The summed E-state index contributed by atoms with van der Waals surface area (Å²) in [6, 6.07) is 12.8. The van der Waals surface area contributed by atoms with Gasteiger partial charge in [0, 0.05) is 26.1 Å². The van der Waals surface area contributed by atoms with Crippen molar-refractivity contribution in [1.82, 2.24) is 10.2 Å². The first kappa shape index (κ1) is 20.9. The molecule has 0 aromatic heterocycles. The zero-order valence-corrected chi connectivity index (χ0v) is 16.0. The highest BCUT2D eigenvalue weighted by Crippen LogP contribution is 2.29. The Hall–Kier alpha value is -2.83. The molecule has 0 aliphatic carbocycles. The molecule has 0 saturated carbocycles. The molecule has 7 heteroatoms. The van der Waals surface area contributed by atoms with E-state index >= 15 is 0 Å². The lowest BCUT2D eigenvalue weighted by Gasteiger charge is -2.29. The Labute approximate surface area is 167 Å². The molecule has 4 nitrogen and oxygen atoms in total. The molecule has 0 fully saturated rings. The van der Waals surface area contributed by atoms with Crippen LogP contribution in [-0.4, -0.2) is 29.8 Å². The second kappa shape index (κ2) is 9.11. The zero-order valence-electron chi connectivity index (χ0n) is 16.0. The van der Waals surface area contributed by atoms with Gasteiger partial charge in [-0.15, -0.1) is 0 Å². The van der Waals surface area contributed by atoms with Gasteiger partial charge in [-0.25, -0.2) is 0 Å². The number of carbonyl (C=O) groups excluding carboxylic acids is 2. The van der Waals surface area contributed by atoms with Gasteiger partial charge >= 0.3 is 6.18 Å². The van der Waals surface area contributed by atoms with Crippen LogP contribution in [0.1, 0.15) is 35.1 Å². The summed E-state index contributed by atoms with van der Waals surface area (Å²) in [5.41, 5.74) is 1.98. The second-order valence-electron chi connectivity index (χ2n) is 7.16. The number of carbonyl (C=O) groups is 2. The van der Waals surface area contributed by atoms with Crippen LogP contribution in [-0.2, 0) is 35.2 Å². The van der Waals surface area contributed by atoms with E-state index in [2.05, 4.69) is 11.4 Å². The molecular formula is C22H23F3N2O2. The number of amides is 2. The number of halogens is 3. The first-order valence-corrected chi connectivity index (χ1v) is 9.60. The van der Waals surface area contributed by atoms with Crippen LogP contribution < -0.4 is 5.32 Å². The van der Waals surface area contributed by atoms with Crippen molar-refractivity contribution in [1.29, 1.82) is 0 Å². The molecule has 0 atom stereocenters. The van der Waals surface area contributed by atoms with Crippen molar-refractivity contribution in [3.05, 3.63) is 70.8 Å². The number of nitrogens with zero attached hydrogens (tertiary/aromatic N) is 1. The van der Waals surface area contributed by atoms with Gasteiger partial charge in [-0.2, -0.15) is 13.2 Å². The van der Waals surface area contributed by atoms with Gasteiger partial charge in [0.2, 0.25) is 11.8 Å². The van der Waals surface area contributed by atoms with E-state index in [1.807, 2.05) is 23.1 Å². The van der Waals surface area contributed by atoms with Crippen LogP contribution in [0.4, 0.5) is 13.2 Å². The molecule has 0 saturated heterocycles. The maximum absolute atomic E-state index is 12.7. The molecular weight excluding hydrogens is 381 g/mol. The van der Waals surface area contributed by atoms with E-state index in [4.69, 9.17) is 0 Å². The van der Waals surface area contributed by atoms with Crippen molar-refractivity contribution in [2.24, 2.45) is 0 Å². The first-order valence-electron chi connectivity index (χ1n) is 9.60. The van der Waals surface area contributed by atoms with Crippen molar-refractivity contribution in [2.45, 2.75) is 38.4 Å². The van der Waals surface area contributed by atoms with Gasteiger partial charge in [0.05, 0.1) is 12.0 Å². The summed E-state index contributed by atoms with van der Waals surface area (Å²) >= 11 is 0. The fourth-order valence-electron chi connectivity index (χ4n) is 3.44. The molecule has 1 heterocycles. The fourth-order valence-corrected chi connectivity index (χ4v) is 3.44. The predicted octanol–water partition coefficient (Wildman–Crippen LogP) is 3.73. The van der Waals surface area contributed by atoms with Crippen molar-refractivity contribution in [3.63, 3.8) is 0 Å². The minimum atomic E-state index is -4.43. The van der Waals surface area contributed by atoms with Crippen LogP contribution >= 0.6 is 0 Å². The van der Waals surface area contributed by atoms with Gasteiger partial charge < -0.3 is 10.2 Å². The Morgan fingerprint density at radius 1 is 1.03 bits per heavy atom. The lowest BCUT2D eigenvalue weighted by Crippen LogP contribution is -2.36. The van der Waals surface area contributed by atoms with Crippen LogP contribution in [0, 0.1) is 0 Å². The SMILES string of the molecule is O=C(Cc1cccc(C(F)(F)F)c1)NCCCC(=O)N1CCc2ccccc2C1. The van der Waals surface area contributed by atoms with Gasteiger partial charge in [0.15, 0.2) is 0 Å². The fraction of sp³-hybridized carbons (Fsp3) is 0.364. The highest BCUT2D eigenvalue weighted by atomic mass is 19.4. The van der Waals surface area contributed by atoms with Crippen LogP contribution in [0.5, 0.6) is 0 Å². The van der Waals surface area contributed by atoms with E-state index in [0.717, 1.165) is 18.6 Å². The average molecular weight is 404 g/mol. The van der Waals surface area contributed by atoms with Crippen molar-refractivity contribution in [2.75, 3.05) is 13.1 Å². The monoisotopic (exact) mass is 404 g/mol. The third kappa shape index (κ3) is 5.82. The Kier molecular flexibility index (Phi) is 6.56. The smallest absolute Gasteiger partial charge is 0.356 e.